The summed E-state index contributed by atoms with van der Waals surface area (Å²) < 4.78 is 5.13. The first-order valence-corrected chi connectivity index (χ1v) is 9.52. The van der Waals surface area contributed by atoms with E-state index >= 15 is 0 Å². The second-order valence-electron chi connectivity index (χ2n) is 6.52. The van der Waals surface area contributed by atoms with Crippen LogP contribution in [0, 0.1) is 0 Å². The monoisotopic (exact) mass is 385 g/mol. The summed E-state index contributed by atoms with van der Waals surface area (Å²) >= 11 is 0. The Morgan fingerprint density at radius 2 is 1.75 bits per heavy atom. The topological polar surface area (TPSA) is 107 Å². The number of ether oxygens (including phenoxy) is 1. The van der Waals surface area contributed by atoms with Crippen LogP contribution in [0.5, 0.6) is 0 Å². The molecular formula is C19H23N5O4. The molecule has 9 nitrogen and oxygen atoms in total. The fourth-order valence-electron chi connectivity index (χ4n) is 3.14. The number of esters is 1. The maximum Gasteiger partial charge on any atom is 0.332 e. The third-order valence-electron chi connectivity index (χ3n) is 4.58. The Morgan fingerprint density at radius 1 is 1.07 bits per heavy atom. The van der Waals surface area contributed by atoms with Crippen molar-refractivity contribution in [2.24, 2.45) is 0 Å². The summed E-state index contributed by atoms with van der Waals surface area (Å²) in [6.45, 7) is 4.07. The number of unbranched alkanes of at least 4 members (excludes halogenated alkanes) is 3. The van der Waals surface area contributed by atoms with Crippen molar-refractivity contribution in [2.75, 3.05) is 11.5 Å². The van der Waals surface area contributed by atoms with E-state index in [1.54, 1.807) is 31.2 Å². The van der Waals surface area contributed by atoms with Crippen molar-refractivity contribution < 1.29 is 19.1 Å². The summed E-state index contributed by atoms with van der Waals surface area (Å²) in [5.41, 5.74) is 0.593. The molecule has 1 atom stereocenters. The quantitative estimate of drug-likeness (QED) is 0.371. The van der Waals surface area contributed by atoms with Gasteiger partial charge in [-0.3, -0.25) is 9.59 Å². The zero-order valence-corrected chi connectivity index (χ0v) is 16.0. The highest BCUT2D eigenvalue weighted by molar-refractivity contribution is 6.33. The van der Waals surface area contributed by atoms with Crippen LogP contribution < -0.4 is 4.90 Å². The third-order valence-corrected chi connectivity index (χ3v) is 4.58. The molecule has 28 heavy (non-hydrogen) atoms. The molecular weight excluding hydrogens is 362 g/mol. The minimum atomic E-state index is -0.742. The van der Waals surface area contributed by atoms with Gasteiger partial charge in [0.2, 0.25) is 0 Å². The fraction of sp³-hybridized carbons (Fsp3) is 0.474. The zero-order valence-electron chi connectivity index (χ0n) is 16.0. The molecule has 3 rings (SSSR count). The number of hydrogen-bond donors (Lipinski definition) is 0. The molecule has 0 spiro atoms. The van der Waals surface area contributed by atoms with Crippen LogP contribution >= 0.6 is 0 Å². The summed E-state index contributed by atoms with van der Waals surface area (Å²) in [6, 6.07) is 5.79. The number of tetrazole rings is 1. The highest BCUT2D eigenvalue weighted by Crippen LogP contribution is 2.26. The molecule has 2 heterocycles. The van der Waals surface area contributed by atoms with Gasteiger partial charge in [0.1, 0.15) is 0 Å². The minimum absolute atomic E-state index is 0.144. The van der Waals surface area contributed by atoms with Crippen molar-refractivity contribution in [3.63, 3.8) is 0 Å². The lowest BCUT2D eigenvalue weighted by Gasteiger charge is -2.14. The van der Waals surface area contributed by atoms with E-state index in [4.69, 9.17) is 4.74 Å². The second kappa shape index (κ2) is 8.73. The summed E-state index contributed by atoms with van der Waals surface area (Å²) in [7, 11) is 0. The van der Waals surface area contributed by atoms with Gasteiger partial charge in [0.15, 0.2) is 6.04 Å². The number of aromatic nitrogens is 4. The molecule has 0 saturated carbocycles. The Balaban J connectivity index is 1.81. The van der Waals surface area contributed by atoms with Crippen molar-refractivity contribution >= 4 is 23.7 Å². The fourth-order valence-corrected chi connectivity index (χ4v) is 3.14. The number of carbonyl (C=O) groups is 3. The molecule has 1 aromatic carbocycles. The van der Waals surface area contributed by atoms with Gasteiger partial charge in [-0.1, -0.05) is 49.8 Å². The van der Waals surface area contributed by atoms with Crippen LogP contribution in [-0.2, 0) is 9.53 Å². The first-order chi connectivity index (χ1) is 13.6. The van der Waals surface area contributed by atoms with E-state index in [-0.39, 0.29) is 12.6 Å². The standard InChI is InChI=1S/C19H23N5O4/c1-3-5-6-7-12-15(18(27)28-4-2)24-21-19(20-22-24)23-16(25)13-10-8-9-11-14(13)17(23)26/h8-11,15H,3-7,12H2,1-2H3. The highest BCUT2D eigenvalue weighted by Gasteiger charge is 2.39. The van der Waals surface area contributed by atoms with Crippen LogP contribution in [0.2, 0.25) is 0 Å². The number of nitrogens with zero attached hydrogens (tertiary/aromatic N) is 5. The molecule has 1 aromatic heterocycles. The van der Waals surface area contributed by atoms with Crippen molar-refractivity contribution in [3.05, 3.63) is 35.4 Å². The highest BCUT2D eigenvalue weighted by atomic mass is 16.5. The molecule has 0 bridgehead atoms. The summed E-state index contributed by atoms with van der Waals surface area (Å²) in [6.07, 6.45) is 4.43. The molecule has 2 aromatic rings. The Morgan fingerprint density at radius 3 is 2.36 bits per heavy atom. The van der Waals surface area contributed by atoms with Crippen molar-refractivity contribution in [2.45, 2.75) is 52.0 Å². The van der Waals surface area contributed by atoms with E-state index in [9.17, 15) is 14.4 Å². The van der Waals surface area contributed by atoms with Crippen LogP contribution in [0.15, 0.2) is 24.3 Å². The predicted molar refractivity (Wildman–Crippen MR) is 99.8 cm³/mol. The molecule has 1 unspecified atom stereocenters. The summed E-state index contributed by atoms with van der Waals surface area (Å²) in [5, 5.41) is 11.9. The molecule has 1 aliphatic heterocycles. The van der Waals surface area contributed by atoms with Crippen LogP contribution in [0.4, 0.5) is 5.95 Å². The van der Waals surface area contributed by atoms with Crippen LogP contribution in [-0.4, -0.2) is 44.6 Å². The van der Waals surface area contributed by atoms with Crippen LogP contribution in [0.25, 0.3) is 0 Å². The Hall–Kier alpha value is -3.10. The number of hydrogen-bond acceptors (Lipinski definition) is 7. The zero-order chi connectivity index (χ0) is 20.1. The molecule has 148 valence electrons. The van der Waals surface area contributed by atoms with Crippen LogP contribution in [0.1, 0.15) is 72.7 Å². The summed E-state index contributed by atoms with van der Waals surface area (Å²) in [4.78, 5) is 39.5. The van der Waals surface area contributed by atoms with Gasteiger partial charge in [0.05, 0.1) is 17.7 Å². The third kappa shape index (κ3) is 3.78. The number of fused-ring (bicyclic) bond motifs is 1. The maximum absolute atomic E-state index is 12.6. The van der Waals surface area contributed by atoms with Gasteiger partial charge in [-0.25, -0.2) is 9.69 Å². The van der Waals surface area contributed by atoms with Gasteiger partial charge >= 0.3 is 5.97 Å². The van der Waals surface area contributed by atoms with Gasteiger partial charge in [-0.05, 0) is 30.7 Å². The SMILES string of the molecule is CCCCCCC(C(=O)OCC)n1nnc(N2C(=O)c3ccccc3C2=O)n1. The van der Waals surface area contributed by atoms with E-state index in [1.807, 2.05) is 0 Å². The van der Waals surface area contributed by atoms with Crippen molar-refractivity contribution in [1.29, 1.82) is 0 Å². The number of amides is 2. The maximum atomic E-state index is 12.6. The molecule has 0 aliphatic carbocycles. The van der Waals surface area contributed by atoms with Gasteiger partial charge in [0.25, 0.3) is 17.8 Å². The first kappa shape index (κ1) is 19.7. The number of rotatable bonds is 9. The Kier molecular flexibility index (Phi) is 6.13. The van der Waals surface area contributed by atoms with E-state index in [0.717, 1.165) is 35.4 Å². The van der Waals surface area contributed by atoms with E-state index < -0.39 is 23.8 Å². The number of imide groups is 1. The normalized spacial score (nSPS) is 14.3. The minimum Gasteiger partial charge on any atom is -0.464 e. The molecule has 2 amide bonds. The molecule has 9 heteroatoms. The van der Waals surface area contributed by atoms with E-state index in [1.165, 1.54) is 0 Å². The Bertz CT molecular complexity index is 844. The van der Waals surface area contributed by atoms with Crippen LogP contribution in [0.3, 0.4) is 0 Å². The largest absolute Gasteiger partial charge is 0.464 e. The first-order valence-electron chi connectivity index (χ1n) is 9.52. The van der Waals surface area contributed by atoms with Gasteiger partial charge < -0.3 is 4.74 Å². The van der Waals surface area contributed by atoms with Gasteiger partial charge in [-0.2, -0.15) is 0 Å². The number of carbonyl (C=O) groups excluding carboxylic acids is 3. The van der Waals surface area contributed by atoms with Gasteiger partial charge in [0, 0.05) is 0 Å². The molecule has 1 aliphatic rings. The molecule has 0 N–H and O–H groups in total. The Labute approximate surface area is 162 Å². The van der Waals surface area contributed by atoms with Crippen molar-refractivity contribution in [3.8, 4) is 0 Å². The average molecular weight is 385 g/mol. The second-order valence-corrected chi connectivity index (χ2v) is 6.52. The number of anilines is 1. The number of benzene rings is 1. The lowest BCUT2D eigenvalue weighted by atomic mass is 10.1. The van der Waals surface area contributed by atoms with Crippen molar-refractivity contribution in [1.82, 2.24) is 20.2 Å². The molecule has 0 fully saturated rings. The lowest BCUT2D eigenvalue weighted by Crippen LogP contribution is -2.31. The molecule has 0 saturated heterocycles. The average Bonchev–Trinajstić information content (AvgIpc) is 3.26. The van der Waals surface area contributed by atoms with Gasteiger partial charge in [-0.15, -0.1) is 9.90 Å². The van der Waals surface area contributed by atoms with E-state index in [2.05, 4.69) is 22.3 Å². The molecule has 0 radical (unpaired) electrons. The lowest BCUT2D eigenvalue weighted by molar-refractivity contribution is -0.148. The summed E-state index contributed by atoms with van der Waals surface area (Å²) in [5.74, 6) is -1.61. The van der Waals surface area contributed by atoms with E-state index in [0.29, 0.717) is 17.5 Å². The predicted octanol–water partition coefficient (Wildman–Crippen LogP) is 2.55. The smallest absolute Gasteiger partial charge is 0.332 e.